The highest BCUT2D eigenvalue weighted by Gasteiger charge is 2.40. The Hall–Kier alpha value is -12.5. The van der Waals surface area contributed by atoms with E-state index in [1.165, 1.54) is 106 Å². The summed E-state index contributed by atoms with van der Waals surface area (Å²) >= 11 is 11.8. The number of carbonyl (C=O) groups is 3. The summed E-state index contributed by atoms with van der Waals surface area (Å²) in [5.41, 5.74) is -1.82. The van der Waals surface area contributed by atoms with E-state index in [4.69, 9.17) is 51.6 Å². The van der Waals surface area contributed by atoms with Crippen molar-refractivity contribution in [3.05, 3.63) is 194 Å². The van der Waals surface area contributed by atoms with Gasteiger partial charge in [-0.15, -0.1) is 0 Å². The van der Waals surface area contributed by atoms with E-state index in [1.54, 1.807) is 36.4 Å². The number of nitrogens with one attached hydrogen (secondary N) is 6. The average Bonchev–Trinajstić information content (AvgIpc) is 0.799. The van der Waals surface area contributed by atoms with Crippen LogP contribution in [-0.4, -0.2) is 162 Å². The van der Waals surface area contributed by atoms with Crippen LogP contribution in [0.3, 0.4) is 0 Å². The number of likely N-dealkylation sites (tertiary alicyclic amines) is 3. The number of carbonyl (C=O) groups excluding carboxylic acids is 3. The van der Waals surface area contributed by atoms with Gasteiger partial charge in [0.15, 0.2) is 0 Å². The normalized spacial score (nSPS) is 14.4. The highest BCUT2D eigenvalue weighted by Crippen LogP contribution is 2.43. The van der Waals surface area contributed by atoms with E-state index >= 15 is 0 Å². The van der Waals surface area contributed by atoms with Crippen molar-refractivity contribution in [1.29, 1.82) is 15.8 Å². The van der Waals surface area contributed by atoms with Crippen molar-refractivity contribution in [2.75, 3.05) is 97.7 Å². The maximum Gasteiger partial charge on any atom is 0.423 e. The van der Waals surface area contributed by atoms with E-state index in [9.17, 15) is 69.7 Å². The van der Waals surface area contributed by atoms with Crippen LogP contribution in [-0.2, 0) is 18.5 Å². The smallest absolute Gasteiger partial charge is 0.423 e. The first kappa shape index (κ1) is 85.9. The lowest BCUT2D eigenvalue weighted by Crippen LogP contribution is -2.43. The zero-order chi connectivity index (χ0) is 83.6. The molecule has 0 spiro atoms. The van der Waals surface area contributed by atoms with Crippen LogP contribution in [0.4, 0.5) is 74.4 Å². The van der Waals surface area contributed by atoms with Gasteiger partial charge in [-0.2, -0.15) is 70.3 Å². The summed E-state index contributed by atoms with van der Waals surface area (Å²) in [4.78, 5) is 67.9. The highest BCUT2D eigenvalue weighted by atomic mass is 35.5. The molecule has 0 unspecified atom stereocenters. The Balaban J connectivity index is 0.000000184. The van der Waals surface area contributed by atoms with Crippen LogP contribution < -0.4 is 60.3 Å². The first-order valence-electron chi connectivity index (χ1n) is 35.4. The van der Waals surface area contributed by atoms with Gasteiger partial charge in [0.2, 0.25) is 35.5 Å². The molecule has 6 aromatic carbocycles. The molecular formula is C78H73Cl2F9N18O9. The van der Waals surface area contributed by atoms with Crippen LogP contribution in [0.25, 0.3) is 0 Å². The molecule has 38 heteroatoms. The first-order chi connectivity index (χ1) is 55.3. The van der Waals surface area contributed by atoms with E-state index in [1.807, 2.05) is 33.3 Å². The van der Waals surface area contributed by atoms with E-state index in [0.29, 0.717) is 52.3 Å². The van der Waals surface area contributed by atoms with Gasteiger partial charge in [0.05, 0.1) is 54.5 Å². The van der Waals surface area contributed by atoms with Crippen molar-refractivity contribution < 1.29 is 82.3 Å². The third-order valence-electron chi connectivity index (χ3n) is 18.2. The fraction of sp³-hybridized carbons (Fsp3) is 0.308. The minimum atomic E-state index is -4.83. The number of aromatic nitrogens is 6. The molecule has 606 valence electrons. The Morgan fingerprint density at radius 3 is 1.09 bits per heavy atom. The number of amides is 3. The van der Waals surface area contributed by atoms with Gasteiger partial charge < -0.3 is 75.0 Å². The number of rotatable bonds is 21. The zero-order valence-corrected chi connectivity index (χ0v) is 64.1. The Bertz CT molecular complexity index is 5160. The largest absolute Gasteiger partial charge is 0.495 e. The number of alkyl halides is 9. The summed E-state index contributed by atoms with van der Waals surface area (Å²) in [5, 5.41) is 45.6. The number of anilines is 6. The quantitative estimate of drug-likeness (QED) is 0.0364. The molecule has 3 fully saturated rings. The van der Waals surface area contributed by atoms with E-state index < -0.39 is 52.9 Å². The average molecular weight is 1650 g/mol. The van der Waals surface area contributed by atoms with Gasteiger partial charge in [-0.1, -0.05) is 41.4 Å². The molecule has 3 saturated heterocycles. The standard InChI is InChI=1S/2C26H24ClF3N6O3.C26H25F3N6O3/c1-36-9-7-18(8-10-36)33-23(37)15-3-5-20(22(12-15)38-2)34-25-32-14-19(26(28,29)30)24(35-25)39-21-6-4-17(27)11-16(21)13-31;1-36-10-8-16(9-11-36)33-23(37)15-6-7-20(22(12-15)38-2)34-25-32-14-18(26(28,29)30)24(35-25)39-21-5-3-4-19(27)17(21)13-31;1-35-11-9-18(10-12-35)32-23(36)16-7-8-20(22(13-16)37-2)33-25-31-15-19(26(27,28)29)24(34-25)38-21-6-4-3-5-17(21)14-30/h3-6,11-12,14,18H,7-10H2,1-2H3,(H,33,37)(H,32,34,35);3-7,12,14,16H,8-11H2,1-2H3,(H,33,37)(H,32,34,35);3-8,13,15,18H,9-12H2,1-2H3,(H,32,36)(H,31,33,34). The van der Waals surface area contributed by atoms with Gasteiger partial charge in [-0.05, 0) is 196 Å². The lowest BCUT2D eigenvalue weighted by molar-refractivity contribution is -0.140. The van der Waals surface area contributed by atoms with Crippen LogP contribution in [0, 0.1) is 34.0 Å². The van der Waals surface area contributed by atoms with Crippen molar-refractivity contribution in [3.63, 3.8) is 0 Å². The number of nitrogens with zero attached hydrogens (tertiary/aromatic N) is 12. The molecule has 0 atom stereocenters. The second kappa shape index (κ2) is 38.5. The van der Waals surface area contributed by atoms with Crippen molar-refractivity contribution in [1.82, 2.24) is 60.6 Å². The number of benzene rings is 6. The second-order valence-corrected chi connectivity index (χ2v) is 27.2. The van der Waals surface area contributed by atoms with Crippen molar-refractivity contribution in [2.45, 2.75) is 75.2 Å². The van der Waals surface area contributed by atoms with Gasteiger partial charge in [0, 0.05) is 58.4 Å². The molecular weight excluding hydrogens is 1570 g/mol. The maximum atomic E-state index is 13.7. The second-order valence-electron chi connectivity index (χ2n) is 26.4. The molecule has 6 N–H and O–H groups in total. The van der Waals surface area contributed by atoms with E-state index in [-0.39, 0.29) is 115 Å². The van der Waals surface area contributed by atoms with Gasteiger partial charge in [-0.3, -0.25) is 14.4 Å². The fourth-order valence-electron chi connectivity index (χ4n) is 11.9. The monoisotopic (exact) mass is 1650 g/mol. The number of methoxy groups -OCH3 is 3. The molecule has 3 aromatic heterocycles. The van der Waals surface area contributed by atoms with Gasteiger partial charge in [0.25, 0.3) is 17.7 Å². The predicted octanol–water partition coefficient (Wildman–Crippen LogP) is 15.5. The highest BCUT2D eigenvalue weighted by molar-refractivity contribution is 6.32. The number of hydrogen-bond acceptors (Lipinski definition) is 24. The van der Waals surface area contributed by atoms with Gasteiger partial charge in [-0.25, -0.2) is 15.0 Å². The first-order valence-corrected chi connectivity index (χ1v) is 36.2. The third-order valence-corrected chi connectivity index (χ3v) is 18.8. The molecule has 0 saturated carbocycles. The Kier molecular flexibility index (Phi) is 28.5. The lowest BCUT2D eigenvalue weighted by Gasteiger charge is -2.29. The maximum absolute atomic E-state index is 13.7. The molecule has 3 aliphatic rings. The molecule has 3 amide bonds. The van der Waals surface area contributed by atoms with Crippen molar-refractivity contribution in [2.24, 2.45) is 0 Å². The summed E-state index contributed by atoms with van der Waals surface area (Å²) in [7, 11) is 10.3. The lowest BCUT2D eigenvalue weighted by atomic mass is 10.0. The third kappa shape index (κ3) is 22.9. The fourth-order valence-corrected chi connectivity index (χ4v) is 12.2. The molecule has 12 rings (SSSR count). The van der Waals surface area contributed by atoms with Crippen molar-refractivity contribution >= 4 is 75.8 Å². The minimum absolute atomic E-state index is 0.0145. The summed E-state index contributed by atoms with van der Waals surface area (Å²) in [5.74, 6) is -3.52. The number of nitriles is 3. The molecule has 0 radical (unpaired) electrons. The molecule has 3 aliphatic heterocycles. The number of halogens is 11. The number of ether oxygens (including phenoxy) is 6. The zero-order valence-electron chi connectivity index (χ0n) is 62.6. The van der Waals surface area contributed by atoms with Crippen LogP contribution in [0.2, 0.25) is 10.0 Å². The Labute approximate surface area is 668 Å². The summed E-state index contributed by atoms with van der Waals surface area (Å²) in [6, 6.07) is 33.5. The molecule has 9 aromatic rings. The molecule has 116 heavy (non-hydrogen) atoms. The summed E-state index contributed by atoms with van der Waals surface area (Å²) in [6.45, 7) is 5.38. The number of piperidine rings is 3. The summed E-state index contributed by atoms with van der Waals surface area (Å²) < 4.78 is 155. The van der Waals surface area contributed by atoms with Crippen LogP contribution in [0.15, 0.2) is 134 Å². The molecule has 0 bridgehead atoms. The molecule has 6 heterocycles. The predicted molar refractivity (Wildman–Crippen MR) is 408 cm³/mol. The van der Waals surface area contributed by atoms with E-state index in [0.717, 1.165) is 77.8 Å². The van der Waals surface area contributed by atoms with Gasteiger partial charge in [0.1, 0.15) is 75.0 Å². The number of hydrogen-bond donors (Lipinski definition) is 6. The Morgan fingerprint density at radius 1 is 0.422 bits per heavy atom. The summed E-state index contributed by atoms with van der Waals surface area (Å²) in [6.07, 6.45) is -7.63. The van der Waals surface area contributed by atoms with E-state index in [2.05, 4.69) is 76.5 Å². The molecule has 0 aliphatic carbocycles. The molecule has 27 nitrogen and oxygen atoms in total. The van der Waals surface area contributed by atoms with Gasteiger partial charge >= 0.3 is 18.5 Å². The SMILES string of the molecule is COc1cc(C(=O)NC2CCN(C)CC2)ccc1Nc1ncc(C(F)(F)F)c(Oc2ccc(Cl)cc2C#N)n1.COc1cc(C(=O)NC2CCN(C)CC2)ccc1Nc1ncc(C(F)(F)F)c(Oc2cccc(Cl)c2C#N)n1.COc1cc(C(=O)NC2CCN(C)CC2)ccc1Nc1ncc(C(F)(F)F)c(Oc2ccccc2C#N)n1. The van der Waals surface area contributed by atoms with Crippen LogP contribution >= 0.6 is 23.2 Å². The van der Waals surface area contributed by atoms with Crippen molar-refractivity contribution in [3.8, 4) is 70.3 Å². The van der Waals surface area contributed by atoms with Crippen LogP contribution in [0.5, 0.6) is 52.1 Å². The minimum Gasteiger partial charge on any atom is -0.495 e. The number of para-hydroxylation sites is 1. The van der Waals surface area contributed by atoms with Crippen LogP contribution in [0.1, 0.15) is 103 Å². The topological polar surface area (TPSA) is 337 Å². The Morgan fingerprint density at radius 2 is 0.759 bits per heavy atom.